The molecule has 10 aliphatic heterocycles. The van der Waals surface area contributed by atoms with Crippen molar-refractivity contribution in [1.82, 2.24) is 85.3 Å². The minimum Gasteiger partial charge on any atom is -0.444 e. The predicted molar refractivity (Wildman–Crippen MR) is 517 cm³/mol. The maximum Gasteiger partial charge on any atom is 0.410 e. The molecule has 16 heterocycles. The van der Waals surface area contributed by atoms with Gasteiger partial charge in [-0.3, -0.25) is 39.5 Å². The Morgan fingerprint density at radius 3 is 1.31 bits per heavy atom. The number of nitrogens with zero attached hydrogens (tertiary/aromatic N) is 20. The molecule has 133 heavy (non-hydrogen) atoms. The number of nitrogens with two attached hydrogens (primary N) is 1. The van der Waals surface area contributed by atoms with Crippen molar-refractivity contribution in [3.63, 3.8) is 0 Å². The van der Waals surface area contributed by atoms with E-state index in [9.17, 15) is 30.2 Å². The molecule has 0 radical (unpaired) electrons. The van der Waals surface area contributed by atoms with Gasteiger partial charge in [-0.15, -0.1) is 0 Å². The molecular weight excluding hydrogens is 1710 g/mol. The number of halogens is 1. The summed E-state index contributed by atoms with van der Waals surface area (Å²) in [6.45, 7) is 41.7. The molecule has 7 N–H and O–H groups in total. The molecule has 0 spiro atoms. The first-order valence-corrected chi connectivity index (χ1v) is 46.7. The summed E-state index contributed by atoms with van der Waals surface area (Å²) in [5.74, 6) is 1.33. The fourth-order valence-corrected chi connectivity index (χ4v) is 18.9. The maximum atomic E-state index is 12.5. The van der Waals surface area contributed by atoms with Crippen molar-refractivity contribution in [2.75, 3.05) is 137 Å². The van der Waals surface area contributed by atoms with E-state index in [0.29, 0.717) is 60.9 Å². The van der Waals surface area contributed by atoms with E-state index in [0.717, 1.165) is 234 Å². The second-order valence-electron chi connectivity index (χ2n) is 39.0. The van der Waals surface area contributed by atoms with E-state index >= 15 is 0 Å². The first kappa shape index (κ1) is 95.9. The van der Waals surface area contributed by atoms with E-state index in [1.54, 1.807) is 34.6 Å². The van der Waals surface area contributed by atoms with E-state index in [1.807, 2.05) is 135 Å². The Labute approximate surface area is 789 Å². The van der Waals surface area contributed by atoms with Crippen LogP contribution in [0.3, 0.4) is 0 Å². The number of aromatic nitrogens is 9. The van der Waals surface area contributed by atoms with E-state index in [2.05, 4.69) is 147 Å². The van der Waals surface area contributed by atoms with E-state index < -0.39 is 16.8 Å². The number of benzene rings is 3. The van der Waals surface area contributed by atoms with Crippen LogP contribution in [0, 0.1) is 34.0 Å². The van der Waals surface area contributed by atoms with Gasteiger partial charge in [-0.25, -0.2) is 44.3 Å². The Morgan fingerprint density at radius 2 is 0.895 bits per heavy atom. The monoisotopic (exact) mass is 1840 g/mol. The lowest BCUT2D eigenvalue weighted by Crippen LogP contribution is -2.50. The molecule has 712 valence electrons. The van der Waals surface area contributed by atoms with Crippen molar-refractivity contribution in [2.24, 2.45) is 5.73 Å². The Bertz CT molecular complexity index is 5760. The number of ether oxygens (including phenoxy) is 6. The van der Waals surface area contributed by atoms with E-state index in [-0.39, 0.29) is 78.0 Å². The summed E-state index contributed by atoms with van der Waals surface area (Å²) in [5, 5.41) is 48.0. The van der Waals surface area contributed by atoms with Crippen LogP contribution in [0.4, 0.5) is 43.3 Å². The molecule has 3 aromatic carbocycles. The van der Waals surface area contributed by atoms with Gasteiger partial charge in [0.1, 0.15) is 35.0 Å². The third-order valence-corrected chi connectivity index (χ3v) is 24.6. The number of carbonyl (C=O) groups is 3. The lowest BCUT2D eigenvalue weighted by Gasteiger charge is -2.40. The lowest BCUT2D eigenvalue weighted by atomic mass is 10.1. The number of morpholine rings is 3. The Balaban J connectivity index is 0.000000172. The van der Waals surface area contributed by atoms with Crippen LogP contribution in [0.5, 0.6) is 0 Å². The Kier molecular flexibility index (Phi) is 30.8. The molecule has 35 nitrogen and oxygen atoms in total. The van der Waals surface area contributed by atoms with Gasteiger partial charge in [-0.05, 0) is 206 Å². The number of rotatable bonds is 14. The first-order chi connectivity index (χ1) is 63.8. The number of fused-ring (bicyclic) bond motifs is 6. The number of anilines is 5. The van der Waals surface area contributed by atoms with Gasteiger partial charge in [0.2, 0.25) is 17.2 Å². The summed E-state index contributed by atoms with van der Waals surface area (Å²) in [5.41, 5.74) is 17.9. The maximum absolute atomic E-state index is 12.5. The number of likely N-dealkylation sites (tertiary alicyclic amines) is 3. The summed E-state index contributed by atoms with van der Waals surface area (Å²) in [4.78, 5) is 93.2. The van der Waals surface area contributed by atoms with Crippen molar-refractivity contribution in [3.8, 4) is 18.2 Å². The fourth-order valence-electron chi connectivity index (χ4n) is 18.7. The molecule has 7 fully saturated rings. The predicted octanol–water partition coefficient (Wildman–Crippen LogP) is 12.2. The highest BCUT2D eigenvalue weighted by molar-refractivity contribution is 6.28. The first-order valence-electron chi connectivity index (χ1n) is 46.3. The van der Waals surface area contributed by atoms with Crippen LogP contribution in [0.25, 0.3) is 32.7 Å². The van der Waals surface area contributed by atoms with Gasteiger partial charge < -0.3 is 75.4 Å². The van der Waals surface area contributed by atoms with Gasteiger partial charge in [-0.1, -0.05) is 0 Å². The summed E-state index contributed by atoms with van der Waals surface area (Å²) in [6, 6.07) is 31.6. The highest BCUT2D eigenvalue weighted by Gasteiger charge is 2.38. The standard InChI is InChI=1S/C31H38N8O3.C26H30N8O.C20H25N5O.C11H14ClN3O2.C9H18N2O2.4H2/c1-20-14-38(27-8-7-21(12-32)28-25(27)6-5-10-33-28)18-24(41-20)17-37-11-9-23(16-37)35-29-34-13-22-15-39(19-26(22)36-29)30(40)42-31(2,3)4;1-17-13-34(24-5-4-18(9-27)25-22(24)3-2-7-29-25)16-21(35-17)15-33-8-6-20(14-33)31-26-30-11-19-10-28-12-23(19)32-26;1-14-10-25(13-17(26-14)12-24-8-6-16(22)11-24)19-5-4-15(9-21)20-18(19)3-2-7-23-20;1-11(2,3)17-10(16)15-5-7-4-13-9(12)14-8(7)6-15;1-9(2,3)13-8(12)11-7-4-5-10-6-7;;;;/h5-8,10,13,20,23-24H,9,11,14-19H2,1-4H3,(H,34,35,36);2-5,7,11,17,20-21,28H,6,8,10,12-16H2,1H3,(H,30,31,32);2-5,7,14,16-17H,6,8,10-13,22H2,1H3;4H,5-6H2,1-3H3;7,10H,4-6H2,1-3H3,(H,11,12);4*1H/t20-,23?,24+;17-,20?,21+;14-,16?,17+;;;;;;/m111....../s1. The fraction of sp³-hybridized carbons (Fsp3) is 0.536. The van der Waals surface area contributed by atoms with Crippen LogP contribution in [-0.2, 0) is 67.7 Å². The van der Waals surface area contributed by atoms with Crippen LogP contribution < -0.4 is 47.0 Å². The van der Waals surface area contributed by atoms with Gasteiger partial charge in [-0.2, -0.15) is 15.8 Å². The van der Waals surface area contributed by atoms with Crippen LogP contribution in [0.15, 0.2) is 110 Å². The highest BCUT2D eigenvalue weighted by atomic mass is 35.5. The highest BCUT2D eigenvalue weighted by Crippen LogP contribution is 2.36. The second kappa shape index (κ2) is 42.7. The molecule has 10 atom stereocenters. The van der Waals surface area contributed by atoms with Gasteiger partial charge in [0.15, 0.2) is 0 Å². The average Bonchev–Trinajstić information content (AvgIpc) is 1.36. The molecule has 7 saturated heterocycles. The van der Waals surface area contributed by atoms with Crippen molar-refractivity contribution >= 4 is 91.5 Å². The molecule has 3 amide bonds. The molecule has 10 aliphatic rings. The number of hydrogen-bond acceptors (Lipinski definition) is 32. The molecule has 36 heteroatoms. The van der Waals surface area contributed by atoms with E-state index in [1.165, 1.54) is 5.56 Å². The second-order valence-corrected chi connectivity index (χ2v) is 39.3. The quantitative estimate of drug-likeness (QED) is 0.0435. The van der Waals surface area contributed by atoms with Crippen molar-refractivity contribution in [2.45, 2.75) is 226 Å². The number of hydrogen-bond donors (Lipinski definition) is 6. The summed E-state index contributed by atoms with van der Waals surface area (Å²) in [6.07, 6.45) is 14.5. The Morgan fingerprint density at radius 1 is 0.481 bits per heavy atom. The van der Waals surface area contributed by atoms with Crippen molar-refractivity contribution in [1.29, 1.82) is 15.8 Å². The minimum atomic E-state index is -0.535. The van der Waals surface area contributed by atoms with Crippen LogP contribution in [0.1, 0.15) is 165 Å². The molecule has 0 saturated carbocycles. The zero-order chi connectivity index (χ0) is 93.8. The van der Waals surface area contributed by atoms with Gasteiger partial charge >= 0.3 is 18.3 Å². The molecular formula is C97H133ClN26O9. The van der Waals surface area contributed by atoms with Crippen LogP contribution >= 0.6 is 11.6 Å². The summed E-state index contributed by atoms with van der Waals surface area (Å²) < 4.78 is 34.9. The Hall–Kier alpha value is -11.7. The minimum absolute atomic E-state index is 0. The number of nitrogens with one attached hydrogen (secondary N) is 5. The van der Waals surface area contributed by atoms with Crippen molar-refractivity contribution in [3.05, 3.63) is 166 Å². The smallest absolute Gasteiger partial charge is 0.410 e. The number of amides is 3. The molecule has 0 aliphatic carbocycles. The normalized spacial score (nSPS) is 23.0. The summed E-state index contributed by atoms with van der Waals surface area (Å²) in [7, 11) is 0. The SMILES string of the molecule is CC(C)(C)OC(=O)N1Cc2cnc(Cl)nc2C1.CC(C)(C)OC(=O)NC1CCNC1.C[C@@H]1CN(c2ccc(C#N)c3ncccc23)C[C@H](CN2CCC(N)C2)O1.C[C@@H]1CN(c2ccc(C#N)c3ncccc23)C[C@H](CN2CCC(Nc3ncc4c(n3)CN(C(=O)OC(C)(C)C)C4)C2)O1.C[C@@H]1CN(c2ccc(C#N)c3ncccc23)C[C@H](CN2CCC(Nc3ncc4c(n3)CNC4)C2)O1.[HH].[HH].[HH].[HH]. The number of alkyl carbamates (subject to hydrolysis) is 1. The van der Waals surface area contributed by atoms with Gasteiger partial charge in [0, 0.05) is 228 Å². The van der Waals surface area contributed by atoms with Crippen LogP contribution in [-0.4, -0.2) is 276 Å². The molecule has 4 unspecified atom stereocenters. The van der Waals surface area contributed by atoms with Crippen molar-refractivity contribution < 1.29 is 48.5 Å². The number of nitriles is 3. The number of pyridine rings is 3. The number of carbonyl (C=O) groups excluding carboxylic acids is 3. The van der Waals surface area contributed by atoms with Gasteiger partial charge in [0.05, 0.1) is 113 Å². The van der Waals surface area contributed by atoms with Gasteiger partial charge in [0.25, 0.3) is 0 Å². The molecule has 19 rings (SSSR count). The largest absolute Gasteiger partial charge is 0.444 e. The zero-order valence-electron chi connectivity index (χ0n) is 78.3. The molecule has 0 bridgehead atoms. The summed E-state index contributed by atoms with van der Waals surface area (Å²) >= 11 is 5.70. The van der Waals surface area contributed by atoms with E-state index in [4.69, 9.17) is 50.7 Å². The third kappa shape index (κ3) is 25.6. The third-order valence-electron chi connectivity index (χ3n) is 24.4. The lowest BCUT2D eigenvalue weighted by molar-refractivity contribution is -0.0296. The van der Waals surface area contributed by atoms with Crippen LogP contribution in [0.2, 0.25) is 5.28 Å². The molecule has 9 aromatic rings. The average molecular weight is 1840 g/mol. The topological polar surface area (TPSA) is 406 Å². The zero-order valence-corrected chi connectivity index (χ0v) is 79.1. The molecule has 6 aromatic heterocycles.